The lowest BCUT2D eigenvalue weighted by molar-refractivity contribution is 0.176. The van der Waals surface area contributed by atoms with Gasteiger partial charge in [-0.15, -0.1) is 11.3 Å². The summed E-state index contributed by atoms with van der Waals surface area (Å²) in [6.45, 7) is 6.83. The minimum atomic E-state index is 0.531. The monoisotopic (exact) mass is 330 g/mol. The Bertz CT molecular complexity index is 353. The number of nitrogens with one attached hydrogen (secondary N) is 2. The Morgan fingerprint density at radius 1 is 1.44 bits per heavy atom. The first-order valence-corrected chi connectivity index (χ1v) is 8.56. The van der Waals surface area contributed by atoms with Gasteiger partial charge >= 0.3 is 0 Å². The minimum Gasteiger partial charge on any atom is -0.317 e. The van der Waals surface area contributed by atoms with Gasteiger partial charge in [-0.3, -0.25) is 0 Å². The second kappa shape index (κ2) is 7.04. The molecule has 2 heterocycles. The van der Waals surface area contributed by atoms with Gasteiger partial charge in [0.1, 0.15) is 0 Å². The molecule has 2 rings (SSSR count). The Morgan fingerprint density at radius 3 is 2.83 bits per heavy atom. The van der Waals surface area contributed by atoms with Crippen LogP contribution in [0.1, 0.15) is 37.5 Å². The molecule has 0 aromatic carbocycles. The van der Waals surface area contributed by atoms with Gasteiger partial charge in [0, 0.05) is 22.4 Å². The molecule has 4 heteroatoms. The molecule has 0 bridgehead atoms. The lowest BCUT2D eigenvalue weighted by atomic mass is 9.75. The molecule has 1 aliphatic rings. The van der Waals surface area contributed by atoms with E-state index >= 15 is 0 Å². The van der Waals surface area contributed by atoms with Gasteiger partial charge in [0.15, 0.2) is 0 Å². The summed E-state index contributed by atoms with van der Waals surface area (Å²) in [5, 5.41) is 9.30. The third-order valence-corrected chi connectivity index (χ3v) is 5.85. The molecular formula is C14H23BrN2S. The van der Waals surface area contributed by atoms with Gasteiger partial charge in [-0.1, -0.05) is 13.3 Å². The van der Waals surface area contributed by atoms with Crippen molar-refractivity contribution in [3.8, 4) is 0 Å². The van der Waals surface area contributed by atoms with Crippen LogP contribution in [0.5, 0.6) is 0 Å². The maximum atomic E-state index is 3.68. The number of piperidine rings is 1. The van der Waals surface area contributed by atoms with Crippen molar-refractivity contribution in [2.24, 2.45) is 5.41 Å². The molecule has 2 N–H and O–H groups in total. The molecule has 2 nitrogen and oxygen atoms in total. The highest BCUT2D eigenvalue weighted by Crippen LogP contribution is 2.33. The molecular weight excluding hydrogens is 308 g/mol. The van der Waals surface area contributed by atoms with Crippen molar-refractivity contribution in [1.29, 1.82) is 0 Å². The number of thiophene rings is 1. The lowest BCUT2D eigenvalue weighted by Gasteiger charge is -2.38. The van der Waals surface area contributed by atoms with Crippen LogP contribution >= 0.6 is 27.3 Å². The van der Waals surface area contributed by atoms with Crippen molar-refractivity contribution < 1.29 is 0 Å². The van der Waals surface area contributed by atoms with Gasteiger partial charge in [-0.05, 0) is 65.1 Å². The Labute approximate surface area is 123 Å². The fourth-order valence-corrected chi connectivity index (χ4v) is 4.36. The van der Waals surface area contributed by atoms with Crippen LogP contribution < -0.4 is 10.6 Å². The zero-order valence-corrected chi connectivity index (χ0v) is 13.5. The predicted octanol–water partition coefficient (Wildman–Crippen LogP) is 3.77. The van der Waals surface area contributed by atoms with Gasteiger partial charge in [0.2, 0.25) is 0 Å². The van der Waals surface area contributed by atoms with E-state index in [0.717, 1.165) is 13.1 Å². The fraction of sp³-hybridized carbons (Fsp3) is 0.714. The highest BCUT2D eigenvalue weighted by Gasteiger charge is 2.30. The van der Waals surface area contributed by atoms with Crippen LogP contribution in [0.25, 0.3) is 0 Å². The van der Waals surface area contributed by atoms with Crippen LogP contribution in [-0.4, -0.2) is 19.6 Å². The molecule has 0 atom stereocenters. The van der Waals surface area contributed by atoms with Crippen LogP contribution in [0, 0.1) is 5.41 Å². The van der Waals surface area contributed by atoms with Gasteiger partial charge in [0.05, 0.1) is 0 Å². The zero-order chi connectivity index (χ0) is 12.8. The van der Waals surface area contributed by atoms with E-state index in [1.54, 1.807) is 0 Å². The Morgan fingerprint density at radius 2 is 2.22 bits per heavy atom. The smallest absolute Gasteiger partial charge is 0.0327 e. The second-order valence-electron chi connectivity index (χ2n) is 5.30. The van der Waals surface area contributed by atoms with Gasteiger partial charge in [-0.2, -0.15) is 0 Å². The van der Waals surface area contributed by atoms with Crippen molar-refractivity contribution in [3.05, 3.63) is 20.8 Å². The van der Waals surface area contributed by atoms with E-state index in [4.69, 9.17) is 0 Å². The van der Waals surface area contributed by atoms with E-state index in [-0.39, 0.29) is 0 Å². The Balaban J connectivity index is 1.84. The van der Waals surface area contributed by atoms with Crippen molar-refractivity contribution in [1.82, 2.24) is 10.6 Å². The summed E-state index contributed by atoms with van der Waals surface area (Å²) >= 11 is 5.42. The summed E-state index contributed by atoms with van der Waals surface area (Å²) < 4.78 is 1.25. The number of rotatable bonds is 6. The van der Waals surface area contributed by atoms with E-state index in [1.807, 2.05) is 11.3 Å². The standard InChI is InChI=1S/C14H23BrN2S/c1-2-4-14(5-7-16-8-6-14)11-17-10-13-12(15)3-9-18-13/h3,9,16-17H,2,4-8,10-11H2,1H3. The molecule has 1 aromatic rings. The highest BCUT2D eigenvalue weighted by atomic mass is 79.9. The van der Waals surface area contributed by atoms with E-state index in [9.17, 15) is 0 Å². The maximum Gasteiger partial charge on any atom is 0.0327 e. The summed E-state index contributed by atoms with van der Waals surface area (Å²) in [5.41, 5.74) is 0.531. The summed E-state index contributed by atoms with van der Waals surface area (Å²) in [5.74, 6) is 0. The highest BCUT2D eigenvalue weighted by molar-refractivity contribution is 9.10. The van der Waals surface area contributed by atoms with Crippen LogP contribution in [0.3, 0.4) is 0 Å². The molecule has 1 aromatic heterocycles. The number of hydrogen-bond donors (Lipinski definition) is 2. The van der Waals surface area contributed by atoms with Crippen LogP contribution in [0.4, 0.5) is 0 Å². The minimum absolute atomic E-state index is 0.531. The Kier molecular flexibility index (Phi) is 5.67. The summed E-state index contributed by atoms with van der Waals surface area (Å²) in [4.78, 5) is 1.41. The molecule has 1 saturated heterocycles. The van der Waals surface area contributed by atoms with Crippen molar-refractivity contribution in [3.63, 3.8) is 0 Å². The zero-order valence-electron chi connectivity index (χ0n) is 11.1. The first-order valence-electron chi connectivity index (χ1n) is 6.89. The molecule has 18 heavy (non-hydrogen) atoms. The fourth-order valence-electron chi connectivity index (χ4n) is 2.90. The van der Waals surface area contributed by atoms with Crippen LogP contribution in [0.2, 0.25) is 0 Å². The predicted molar refractivity (Wildman–Crippen MR) is 83.2 cm³/mol. The first kappa shape index (κ1) is 14.5. The molecule has 0 amide bonds. The van der Waals surface area contributed by atoms with Crippen molar-refractivity contribution in [2.45, 2.75) is 39.2 Å². The third-order valence-electron chi connectivity index (χ3n) is 3.92. The van der Waals surface area contributed by atoms with Crippen molar-refractivity contribution in [2.75, 3.05) is 19.6 Å². The number of halogens is 1. The average molecular weight is 331 g/mol. The van der Waals surface area contributed by atoms with E-state index < -0.39 is 0 Å². The maximum absolute atomic E-state index is 3.68. The average Bonchev–Trinajstić information content (AvgIpc) is 2.77. The van der Waals surface area contributed by atoms with E-state index in [0.29, 0.717) is 5.41 Å². The molecule has 0 spiro atoms. The topological polar surface area (TPSA) is 24.1 Å². The van der Waals surface area contributed by atoms with E-state index in [1.165, 1.54) is 48.1 Å². The van der Waals surface area contributed by atoms with Crippen molar-refractivity contribution >= 4 is 27.3 Å². The van der Waals surface area contributed by atoms with Crippen LogP contribution in [-0.2, 0) is 6.54 Å². The lowest BCUT2D eigenvalue weighted by Crippen LogP contribution is -2.43. The van der Waals surface area contributed by atoms with Crippen LogP contribution in [0.15, 0.2) is 15.9 Å². The number of hydrogen-bond acceptors (Lipinski definition) is 3. The first-order chi connectivity index (χ1) is 8.76. The molecule has 102 valence electrons. The third kappa shape index (κ3) is 3.80. The molecule has 0 radical (unpaired) electrons. The van der Waals surface area contributed by atoms with Gasteiger partial charge in [-0.25, -0.2) is 0 Å². The molecule has 0 saturated carbocycles. The quantitative estimate of drug-likeness (QED) is 0.829. The normalized spacial score (nSPS) is 19.0. The molecule has 1 aliphatic heterocycles. The largest absolute Gasteiger partial charge is 0.317 e. The van der Waals surface area contributed by atoms with Gasteiger partial charge < -0.3 is 10.6 Å². The summed E-state index contributed by atoms with van der Waals surface area (Å²) in [6, 6.07) is 2.13. The molecule has 0 unspecified atom stereocenters. The molecule has 0 aliphatic carbocycles. The van der Waals surface area contributed by atoms with Gasteiger partial charge in [0.25, 0.3) is 0 Å². The van der Waals surface area contributed by atoms with E-state index in [2.05, 4.69) is 44.9 Å². The Hall–Kier alpha value is 0.1000. The second-order valence-corrected chi connectivity index (χ2v) is 7.15. The molecule has 1 fully saturated rings. The SMILES string of the molecule is CCCC1(CNCc2sccc2Br)CCNCC1. The summed E-state index contributed by atoms with van der Waals surface area (Å²) in [7, 11) is 0. The summed E-state index contributed by atoms with van der Waals surface area (Å²) in [6.07, 6.45) is 5.29.